The third-order valence-corrected chi connectivity index (χ3v) is 2.88. The topological polar surface area (TPSA) is 37.4 Å². The fourth-order valence-electron chi connectivity index (χ4n) is 1.61. The third kappa shape index (κ3) is 2.26. The van der Waals surface area contributed by atoms with Crippen LogP contribution in [0.2, 0.25) is 0 Å². The minimum Gasteiger partial charge on any atom is -0.331 e. The Morgan fingerprint density at radius 2 is 2.20 bits per heavy atom. The maximum atomic E-state index is 11.9. The zero-order chi connectivity index (χ0) is 10.8. The van der Waals surface area contributed by atoms with E-state index in [4.69, 9.17) is 0 Å². The summed E-state index contributed by atoms with van der Waals surface area (Å²) in [5.41, 5.74) is 0.624. The lowest BCUT2D eigenvalue weighted by Crippen LogP contribution is -2.28. The van der Waals surface area contributed by atoms with Gasteiger partial charge in [0.15, 0.2) is 5.78 Å². The Kier molecular flexibility index (Phi) is 2.86. The van der Waals surface area contributed by atoms with Gasteiger partial charge in [-0.1, -0.05) is 22.0 Å². The zero-order valence-corrected chi connectivity index (χ0v) is 9.66. The van der Waals surface area contributed by atoms with Crippen molar-refractivity contribution in [2.24, 2.45) is 0 Å². The van der Waals surface area contributed by atoms with Gasteiger partial charge in [0.25, 0.3) is 5.91 Å². The number of likely N-dealkylation sites (tertiary alicyclic amines) is 1. The molecule has 1 aromatic rings. The average Bonchev–Trinajstić information content (AvgIpc) is 2.64. The van der Waals surface area contributed by atoms with Gasteiger partial charge in [0.05, 0.1) is 6.54 Å². The molecule has 0 atom stereocenters. The minimum absolute atomic E-state index is 0.0675. The van der Waals surface area contributed by atoms with Gasteiger partial charge in [-0.2, -0.15) is 0 Å². The molecule has 2 rings (SSSR count). The van der Waals surface area contributed by atoms with Crippen LogP contribution in [0, 0.1) is 0 Å². The predicted octanol–water partition coefficient (Wildman–Crippen LogP) is 1.86. The monoisotopic (exact) mass is 267 g/mol. The molecule has 0 aliphatic carbocycles. The van der Waals surface area contributed by atoms with Crippen LogP contribution in [-0.2, 0) is 4.79 Å². The van der Waals surface area contributed by atoms with Crippen molar-refractivity contribution in [3.05, 3.63) is 34.3 Å². The Morgan fingerprint density at radius 3 is 2.80 bits per heavy atom. The average molecular weight is 268 g/mol. The van der Waals surface area contributed by atoms with E-state index in [0.29, 0.717) is 18.5 Å². The van der Waals surface area contributed by atoms with E-state index in [2.05, 4.69) is 15.9 Å². The number of nitrogens with zero attached hydrogens (tertiary/aromatic N) is 1. The van der Waals surface area contributed by atoms with Gasteiger partial charge in [-0.05, 0) is 18.2 Å². The van der Waals surface area contributed by atoms with Crippen molar-refractivity contribution in [2.75, 3.05) is 13.1 Å². The highest BCUT2D eigenvalue weighted by molar-refractivity contribution is 9.10. The standard InChI is InChI=1S/C11H10BrNO2/c12-9-3-1-2-8(6-9)11(15)13-5-4-10(14)7-13/h1-3,6H,4-5,7H2. The van der Waals surface area contributed by atoms with E-state index in [9.17, 15) is 9.59 Å². The fourth-order valence-corrected chi connectivity index (χ4v) is 2.01. The minimum atomic E-state index is -0.0675. The number of Topliss-reactive ketones (excluding diaryl/α,β-unsaturated/α-hetero) is 1. The van der Waals surface area contributed by atoms with Gasteiger partial charge in [0, 0.05) is 23.0 Å². The molecule has 1 fully saturated rings. The summed E-state index contributed by atoms with van der Waals surface area (Å²) in [5, 5.41) is 0. The van der Waals surface area contributed by atoms with E-state index < -0.39 is 0 Å². The highest BCUT2D eigenvalue weighted by Gasteiger charge is 2.24. The molecule has 0 unspecified atom stereocenters. The summed E-state index contributed by atoms with van der Waals surface area (Å²) in [6.45, 7) is 0.801. The number of rotatable bonds is 1. The Labute approximate surface area is 96.2 Å². The lowest BCUT2D eigenvalue weighted by Gasteiger charge is -2.14. The van der Waals surface area contributed by atoms with E-state index in [1.54, 1.807) is 17.0 Å². The number of halogens is 1. The number of amides is 1. The quantitative estimate of drug-likeness (QED) is 0.779. The van der Waals surface area contributed by atoms with E-state index >= 15 is 0 Å². The Hall–Kier alpha value is -1.16. The van der Waals surface area contributed by atoms with Crippen LogP contribution in [0.1, 0.15) is 16.8 Å². The number of hydrogen-bond acceptors (Lipinski definition) is 2. The smallest absolute Gasteiger partial charge is 0.254 e. The molecule has 0 aromatic heterocycles. The molecule has 1 aliphatic heterocycles. The molecule has 0 bridgehead atoms. The molecular weight excluding hydrogens is 258 g/mol. The van der Waals surface area contributed by atoms with Crippen LogP contribution in [0.4, 0.5) is 0 Å². The molecule has 3 nitrogen and oxygen atoms in total. The maximum absolute atomic E-state index is 11.9. The van der Waals surface area contributed by atoms with Crippen molar-refractivity contribution in [1.29, 1.82) is 0 Å². The second-order valence-corrected chi connectivity index (χ2v) is 4.44. The second-order valence-electron chi connectivity index (χ2n) is 3.53. The van der Waals surface area contributed by atoms with Crippen LogP contribution in [0.3, 0.4) is 0 Å². The summed E-state index contributed by atoms with van der Waals surface area (Å²) in [6, 6.07) is 7.21. The SMILES string of the molecule is O=C1CCN(C(=O)c2cccc(Br)c2)C1. The first kappa shape index (κ1) is 10.4. The first-order chi connectivity index (χ1) is 7.16. The second kappa shape index (κ2) is 4.14. The largest absolute Gasteiger partial charge is 0.331 e. The molecule has 4 heteroatoms. The van der Waals surface area contributed by atoms with Crippen LogP contribution < -0.4 is 0 Å². The van der Waals surface area contributed by atoms with Crippen LogP contribution in [0.15, 0.2) is 28.7 Å². The molecule has 0 radical (unpaired) electrons. The molecule has 1 saturated heterocycles. The predicted molar refractivity (Wildman–Crippen MR) is 59.7 cm³/mol. The summed E-state index contributed by atoms with van der Waals surface area (Å²) >= 11 is 3.31. The molecule has 1 amide bonds. The molecule has 1 aliphatic rings. The first-order valence-electron chi connectivity index (χ1n) is 4.73. The normalized spacial score (nSPS) is 15.8. The van der Waals surface area contributed by atoms with E-state index in [0.717, 1.165) is 4.47 Å². The van der Waals surface area contributed by atoms with Crippen molar-refractivity contribution >= 4 is 27.6 Å². The summed E-state index contributed by atoms with van der Waals surface area (Å²) < 4.78 is 0.874. The van der Waals surface area contributed by atoms with Gasteiger partial charge in [-0.15, -0.1) is 0 Å². The highest BCUT2D eigenvalue weighted by Crippen LogP contribution is 2.15. The van der Waals surface area contributed by atoms with E-state index in [1.165, 1.54) is 0 Å². The molecule has 78 valence electrons. The highest BCUT2D eigenvalue weighted by atomic mass is 79.9. The third-order valence-electron chi connectivity index (χ3n) is 2.39. The lowest BCUT2D eigenvalue weighted by molar-refractivity contribution is -0.116. The van der Waals surface area contributed by atoms with E-state index in [-0.39, 0.29) is 18.2 Å². The van der Waals surface area contributed by atoms with Crippen LogP contribution in [0.5, 0.6) is 0 Å². The Balaban J connectivity index is 2.17. The number of benzene rings is 1. The van der Waals surface area contributed by atoms with Gasteiger partial charge < -0.3 is 4.90 Å². The molecule has 0 spiro atoms. The van der Waals surface area contributed by atoms with Crippen molar-refractivity contribution < 1.29 is 9.59 Å². The molecule has 1 aromatic carbocycles. The van der Waals surface area contributed by atoms with Gasteiger partial charge in [-0.3, -0.25) is 9.59 Å². The van der Waals surface area contributed by atoms with Crippen molar-refractivity contribution in [2.45, 2.75) is 6.42 Å². The first-order valence-corrected chi connectivity index (χ1v) is 5.52. The van der Waals surface area contributed by atoms with Crippen LogP contribution in [-0.4, -0.2) is 29.7 Å². The summed E-state index contributed by atoms with van der Waals surface area (Å²) in [5.74, 6) is 0.0699. The Bertz CT molecular complexity index is 417. The molecule has 1 heterocycles. The van der Waals surface area contributed by atoms with E-state index in [1.807, 2.05) is 12.1 Å². The summed E-state index contributed by atoms with van der Waals surface area (Å²) in [7, 11) is 0. The van der Waals surface area contributed by atoms with Gasteiger partial charge in [0.1, 0.15) is 0 Å². The Morgan fingerprint density at radius 1 is 1.40 bits per heavy atom. The number of carbonyl (C=O) groups excluding carboxylic acids is 2. The maximum Gasteiger partial charge on any atom is 0.254 e. The molecule has 0 saturated carbocycles. The number of carbonyl (C=O) groups is 2. The lowest BCUT2D eigenvalue weighted by atomic mass is 10.2. The van der Waals surface area contributed by atoms with Gasteiger partial charge in [-0.25, -0.2) is 0 Å². The van der Waals surface area contributed by atoms with Crippen LogP contribution >= 0.6 is 15.9 Å². The zero-order valence-electron chi connectivity index (χ0n) is 8.07. The molecule has 0 N–H and O–H groups in total. The van der Waals surface area contributed by atoms with Crippen molar-refractivity contribution in [3.63, 3.8) is 0 Å². The number of ketones is 1. The van der Waals surface area contributed by atoms with Crippen molar-refractivity contribution in [3.8, 4) is 0 Å². The van der Waals surface area contributed by atoms with Gasteiger partial charge >= 0.3 is 0 Å². The van der Waals surface area contributed by atoms with Gasteiger partial charge in [0.2, 0.25) is 0 Å². The molecular formula is C11H10BrNO2. The van der Waals surface area contributed by atoms with Crippen LogP contribution in [0.25, 0.3) is 0 Å². The number of hydrogen-bond donors (Lipinski definition) is 0. The summed E-state index contributed by atoms with van der Waals surface area (Å²) in [4.78, 5) is 24.5. The van der Waals surface area contributed by atoms with Crippen molar-refractivity contribution in [1.82, 2.24) is 4.90 Å². The fraction of sp³-hybridized carbons (Fsp3) is 0.273. The molecule has 15 heavy (non-hydrogen) atoms. The summed E-state index contributed by atoms with van der Waals surface area (Å²) in [6.07, 6.45) is 0.486.